The Balaban J connectivity index is 1.65. The molecule has 0 aliphatic carbocycles. The maximum absolute atomic E-state index is 12.8. The highest BCUT2D eigenvalue weighted by atomic mass is 16.5. The van der Waals surface area contributed by atoms with Gasteiger partial charge in [0.1, 0.15) is 0 Å². The number of hydrogen-bond acceptors (Lipinski definition) is 4. The van der Waals surface area contributed by atoms with E-state index in [1.54, 1.807) is 0 Å². The Morgan fingerprint density at radius 3 is 2.60 bits per heavy atom. The van der Waals surface area contributed by atoms with E-state index in [-0.39, 0.29) is 18.2 Å². The molecule has 6 heteroatoms. The van der Waals surface area contributed by atoms with Gasteiger partial charge in [0.05, 0.1) is 18.8 Å². The highest BCUT2D eigenvalue weighted by molar-refractivity contribution is 5.75. The van der Waals surface area contributed by atoms with Crippen molar-refractivity contribution in [1.29, 1.82) is 0 Å². The number of rotatable bonds is 4. The van der Waals surface area contributed by atoms with Crippen molar-refractivity contribution in [3.05, 3.63) is 35.9 Å². The average Bonchev–Trinajstić information content (AvgIpc) is 2.63. The molecule has 0 radical (unpaired) electrons. The predicted molar refractivity (Wildman–Crippen MR) is 98.6 cm³/mol. The van der Waals surface area contributed by atoms with Crippen LogP contribution in [0.5, 0.6) is 0 Å². The number of urea groups is 1. The second kappa shape index (κ2) is 8.65. The molecule has 25 heavy (non-hydrogen) atoms. The van der Waals surface area contributed by atoms with E-state index in [2.05, 4.69) is 34.3 Å². The zero-order valence-corrected chi connectivity index (χ0v) is 15.4. The van der Waals surface area contributed by atoms with Crippen LogP contribution in [-0.2, 0) is 4.74 Å². The number of likely N-dealkylation sites (N-methyl/N-ethyl adjacent to an activating group) is 1. The summed E-state index contributed by atoms with van der Waals surface area (Å²) in [5.41, 5.74) is 1.16. The molecule has 0 bridgehead atoms. The van der Waals surface area contributed by atoms with E-state index >= 15 is 0 Å². The molecule has 2 amide bonds. The van der Waals surface area contributed by atoms with E-state index in [1.165, 1.54) is 0 Å². The SMILES string of the molecule is C[C@H]1CN(C(=O)N[C@H](CN2CCN(C)CC2)c2ccccc2)CCO1. The lowest BCUT2D eigenvalue weighted by Crippen LogP contribution is -2.52. The van der Waals surface area contributed by atoms with Gasteiger partial charge in [-0.1, -0.05) is 30.3 Å². The van der Waals surface area contributed by atoms with E-state index in [0.29, 0.717) is 19.7 Å². The fourth-order valence-electron chi connectivity index (χ4n) is 3.45. The van der Waals surface area contributed by atoms with Gasteiger partial charge in [0.25, 0.3) is 0 Å². The number of carbonyl (C=O) groups excluding carboxylic acids is 1. The maximum atomic E-state index is 12.8. The van der Waals surface area contributed by atoms with Crippen molar-refractivity contribution in [1.82, 2.24) is 20.0 Å². The quantitative estimate of drug-likeness (QED) is 0.895. The van der Waals surface area contributed by atoms with E-state index in [9.17, 15) is 4.79 Å². The van der Waals surface area contributed by atoms with Gasteiger partial charge < -0.3 is 19.9 Å². The maximum Gasteiger partial charge on any atom is 0.318 e. The molecule has 0 aromatic heterocycles. The van der Waals surface area contributed by atoms with E-state index < -0.39 is 0 Å². The first-order chi connectivity index (χ1) is 12.1. The molecular formula is C19H30N4O2. The first-order valence-corrected chi connectivity index (χ1v) is 9.24. The van der Waals surface area contributed by atoms with Gasteiger partial charge in [-0.25, -0.2) is 4.79 Å². The summed E-state index contributed by atoms with van der Waals surface area (Å²) in [5.74, 6) is 0. The molecular weight excluding hydrogens is 316 g/mol. The van der Waals surface area contributed by atoms with Gasteiger partial charge in [-0.3, -0.25) is 4.90 Å². The summed E-state index contributed by atoms with van der Waals surface area (Å²) in [6.07, 6.45) is 0.104. The molecule has 1 aromatic carbocycles. The summed E-state index contributed by atoms with van der Waals surface area (Å²) in [7, 11) is 2.16. The van der Waals surface area contributed by atoms with Crippen molar-refractivity contribution in [2.75, 3.05) is 59.5 Å². The van der Waals surface area contributed by atoms with Gasteiger partial charge in [0.15, 0.2) is 0 Å². The van der Waals surface area contributed by atoms with E-state index in [1.807, 2.05) is 30.0 Å². The van der Waals surface area contributed by atoms with Crippen LogP contribution in [0.4, 0.5) is 4.79 Å². The Bertz CT molecular complexity index is 546. The molecule has 0 spiro atoms. The van der Waals surface area contributed by atoms with Crippen LogP contribution >= 0.6 is 0 Å². The fraction of sp³-hybridized carbons (Fsp3) is 0.632. The minimum Gasteiger partial charge on any atom is -0.375 e. The van der Waals surface area contributed by atoms with Crippen molar-refractivity contribution < 1.29 is 9.53 Å². The molecule has 138 valence electrons. The molecule has 1 aromatic rings. The number of hydrogen-bond donors (Lipinski definition) is 1. The van der Waals surface area contributed by atoms with Gasteiger partial charge in [0.2, 0.25) is 0 Å². The third-order valence-corrected chi connectivity index (χ3v) is 5.06. The molecule has 0 saturated carbocycles. The number of nitrogens with one attached hydrogen (secondary N) is 1. The van der Waals surface area contributed by atoms with Crippen molar-refractivity contribution in [2.24, 2.45) is 0 Å². The molecule has 0 unspecified atom stereocenters. The van der Waals surface area contributed by atoms with Crippen molar-refractivity contribution >= 4 is 6.03 Å². The third kappa shape index (κ3) is 5.17. The van der Waals surface area contributed by atoms with Crippen molar-refractivity contribution in [3.63, 3.8) is 0 Å². The highest BCUT2D eigenvalue weighted by Crippen LogP contribution is 2.16. The van der Waals surface area contributed by atoms with Gasteiger partial charge >= 0.3 is 6.03 Å². The van der Waals surface area contributed by atoms with Gasteiger partial charge in [0, 0.05) is 45.8 Å². The standard InChI is InChI=1S/C19H30N4O2/c1-16-14-23(12-13-25-16)19(24)20-18(17-6-4-3-5-7-17)15-22-10-8-21(2)9-11-22/h3-7,16,18H,8-15H2,1-2H3,(H,20,24)/t16-,18+/m0/s1. The number of carbonyl (C=O) groups is 1. The van der Waals surface area contributed by atoms with Crippen molar-refractivity contribution in [2.45, 2.75) is 19.1 Å². The number of nitrogens with zero attached hydrogens (tertiary/aromatic N) is 3. The predicted octanol–water partition coefficient (Wildman–Crippen LogP) is 1.41. The molecule has 1 N–H and O–H groups in total. The number of piperazine rings is 1. The molecule has 2 atom stereocenters. The lowest BCUT2D eigenvalue weighted by molar-refractivity contribution is -0.00411. The Hall–Kier alpha value is -1.63. The Labute approximate surface area is 150 Å². The summed E-state index contributed by atoms with van der Waals surface area (Å²) >= 11 is 0. The molecule has 2 heterocycles. The smallest absolute Gasteiger partial charge is 0.318 e. The van der Waals surface area contributed by atoms with Crippen LogP contribution in [0, 0.1) is 0 Å². The van der Waals surface area contributed by atoms with Crippen LogP contribution in [0.3, 0.4) is 0 Å². The minimum absolute atomic E-state index is 0.00950. The van der Waals surface area contributed by atoms with Crippen LogP contribution in [-0.4, -0.2) is 86.3 Å². The molecule has 2 saturated heterocycles. The molecule has 6 nitrogen and oxygen atoms in total. The van der Waals surface area contributed by atoms with E-state index in [0.717, 1.165) is 38.3 Å². The zero-order chi connectivity index (χ0) is 17.6. The zero-order valence-electron chi connectivity index (χ0n) is 15.4. The van der Waals surface area contributed by atoms with Gasteiger partial charge in [-0.05, 0) is 19.5 Å². The molecule has 2 aliphatic rings. The Morgan fingerprint density at radius 1 is 1.20 bits per heavy atom. The molecule has 2 aliphatic heterocycles. The molecule has 2 fully saturated rings. The van der Waals surface area contributed by atoms with Crippen LogP contribution in [0.15, 0.2) is 30.3 Å². The highest BCUT2D eigenvalue weighted by Gasteiger charge is 2.26. The third-order valence-electron chi connectivity index (χ3n) is 5.06. The first-order valence-electron chi connectivity index (χ1n) is 9.24. The second-order valence-corrected chi connectivity index (χ2v) is 7.14. The van der Waals surface area contributed by atoms with Crippen molar-refractivity contribution in [3.8, 4) is 0 Å². The number of morpholine rings is 1. The summed E-state index contributed by atoms with van der Waals surface area (Å²) in [4.78, 5) is 19.4. The van der Waals surface area contributed by atoms with Crippen LogP contribution in [0.2, 0.25) is 0 Å². The Kier molecular flexibility index (Phi) is 6.29. The lowest BCUT2D eigenvalue weighted by Gasteiger charge is -2.36. The topological polar surface area (TPSA) is 48.1 Å². The summed E-state index contributed by atoms with van der Waals surface area (Å²) < 4.78 is 5.54. The first kappa shape index (κ1) is 18.2. The molecule has 3 rings (SSSR count). The number of ether oxygens (including phenoxy) is 1. The largest absolute Gasteiger partial charge is 0.375 e. The second-order valence-electron chi connectivity index (χ2n) is 7.14. The fourth-order valence-corrected chi connectivity index (χ4v) is 3.45. The minimum atomic E-state index is 0.00950. The van der Waals surface area contributed by atoms with Crippen LogP contribution in [0.25, 0.3) is 0 Å². The Morgan fingerprint density at radius 2 is 1.92 bits per heavy atom. The summed E-state index contributed by atoms with van der Waals surface area (Å²) in [6.45, 7) is 9.04. The van der Waals surface area contributed by atoms with E-state index in [4.69, 9.17) is 4.74 Å². The summed E-state index contributed by atoms with van der Waals surface area (Å²) in [6, 6.07) is 10.3. The monoisotopic (exact) mass is 346 g/mol. The normalized spacial score (nSPS) is 24.1. The summed E-state index contributed by atoms with van der Waals surface area (Å²) in [5, 5.41) is 3.26. The van der Waals surface area contributed by atoms with Gasteiger partial charge in [-0.15, -0.1) is 0 Å². The number of benzene rings is 1. The number of amides is 2. The lowest BCUT2D eigenvalue weighted by atomic mass is 10.1. The van der Waals surface area contributed by atoms with Crippen LogP contribution < -0.4 is 5.32 Å². The average molecular weight is 346 g/mol. The van der Waals surface area contributed by atoms with Gasteiger partial charge in [-0.2, -0.15) is 0 Å². The van der Waals surface area contributed by atoms with Crippen LogP contribution in [0.1, 0.15) is 18.5 Å².